The molecule has 0 radical (unpaired) electrons. The Morgan fingerprint density at radius 2 is 2.05 bits per heavy atom. The number of carbonyl (C=O) groups excluding carboxylic acids is 1. The molecule has 0 N–H and O–H groups in total. The van der Waals surface area contributed by atoms with Crippen molar-refractivity contribution in [1.82, 2.24) is 9.55 Å². The molecule has 0 aliphatic rings. The van der Waals surface area contributed by atoms with Crippen molar-refractivity contribution in [3.05, 3.63) is 18.2 Å². The highest BCUT2D eigenvalue weighted by molar-refractivity contribution is 6.74. The predicted octanol–water partition coefficient (Wildman–Crippen LogP) is 2.58. The third-order valence-corrected chi connectivity index (χ3v) is 8.19. The number of rotatable bonds is 5. The van der Waals surface area contributed by atoms with Crippen LogP contribution in [0.2, 0.25) is 18.1 Å². The smallest absolute Gasteiger partial charge is 0.325 e. The molecule has 0 unspecified atom stereocenters. The van der Waals surface area contributed by atoms with E-state index in [4.69, 9.17) is 4.43 Å². The molecule has 1 heterocycles. The highest BCUT2D eigenvalue weighted by Crippen LogP contribution is 2.36. The molecule has 0 aliphatic heterocycles. The first kappa shape index (κ1) is 15.9. The fourth-order valence-electron chi connectivity index (χ4n) is 1.29. The Labute approximate surface area is 116 Å². The van der Waals surface area contributed by atoms with E-state index < -0.39 is 8.32 Å². The molecule has 0 fully saturated rings. The van der Waals surface area contributed by atoms with Crippen LogP contribution in [-0.4, -0.2) is 30.9 Å². The molecular formula is C13H24N2O3Si. The average molecular weight is 284 g/mol. The predicted molar refractivity (Wildman–Crippen MR) is 76.2 cm³/mol. The van der Waals surface area contributed by atoms with Crippen molar-refractivity contribution >= 4 is 14.3 Å². The van der Waals surface area contributed by atoms with E-state index in [1.165, 1.54) is 7.11 Å². The van der Waals surface area contributed by atoms with Crippen LogP contribution in [0.15, 0.2) is 12.5 Å². The fourth-order valence-corrected chi connectivity index (χ4v) is 2.23. The van der Waals surface area contributed by atoms with E-state index in [-0.39, 0.29) is 17.6 Å². The van der Waals surface area contributed by atoms with E-state index in [9.17, 15) is 4.79 Å². The third kappa shape index (κ3) is 4.17. The van der Waals surface area contributed by atoms with Crippen molar-refractivity contribution in [2.75, 3.05) is 7.11 Å². The van der Waals surface area contributed by atoms with Crippen molar-refractivity contribution in [1.29, 1.82) is 0 Å². The van der Waals surface area contributed by atoms with Gasteiger partial charge in [0.05, 0.1) is 31.9 Å². The molecule has 0 atom stereocenters. The molecule has 0 saturated carbocycles. The minimum absolute atomic E-state index is 0.167. The molecule has 0 bridgehead atoms. The van der Waals surface area contributed by atoms with Crippen LogP contribution in [-0.2, 0) is 27.1 Å². The highest BCUT2D eigenvalue weighted by atomic mass is 28.4. The minimum Gasteiger partial charge on any atom is -0.468 e. The Bertz CT molecular complexity index is 435. The van der Waals surface area contributed by atoms with Gasteiger partial charge in [0.1, 0.15) is 6.54 Å². The second-order valence-electron chi connectivity index (χ2n) is 6.14. The number of esters is 1. The largest absolute Gasteiger partial charge is 0.468 e. The second kappa shape index (κ2) is 5.88. The van der Waals surface area contributed by atoms with Gasteiger partial charge in [-0.05, 0) is 18.1 Å². The number of aromatic nitrogens is 2. The third-order valence-electron chi connectivity index (χ3n) is 3.71. The molecule has 0 aliphatic carbocycles. The lowest BCUT2D eigenvalue weighted by Gasteiger charge is -2.36. The van der Waals surface area contributed by atoms with E-state index in [0.717, 1.165) is 5.69 Å². The van der Waals surface area contributed by atoms with Crippen LogP contribution in [0.1, 0.15) is 26.5 Å². The Kier molecular flexibility index (Phi) is 4.92. The van der Waals surface area contributed by atoms with Gasteiger partial charge in [0.2, 0.25) is 0 Å². The molecule has 1 aromatic rings. The Balaban J connectivity index is 2.69. The average Bonchev–Trinajstić information content (AvgIpc) is 2.72. The molecule has 0 amide bonds. The van der Waals surface area contributed by atoms with Crippen molar-refractivity contribution in [2.45, 2.75) is 52.1 Å². The van der Waals surface area contributed by atoms with Crippen LogP contribution in [0, 0.1) is 0 Å². The first-order valence-electron chi connectivity index (χ1n) is 6.37. The molecule has 19 heavy (non-hydrogen) atoms. The van der Waals surface area contributed by atoms with Gasteiger partial charge in [-0.2, -0.15) is 0 Å². The number of ether oxygens (including phenoxy) is 1. The zero-order valence-electron chi connectivity index (χ0n) is 12.7. The molecule has 6 heteroatoms. The van der Waals surface area contributed by atoms with Crippen LogP contribution in [0.4, 0.5) is 0 Å². The van der Waals surface area contributed by atoms with Gasteiger partial charge in [-0.1, -0.05) is 20.8 Å². The molecule has 0 aromatic carbocycles. The number of imidazole rings is 1. The first-order chi connectivity index (χ1) is 8.67. The SMILES string of the molecule is COC(=O)Cn1cncc1CO[Si](C)(C)C(C)(C)C. The summed E-state index contributed by atoms with van der Waals surface area (Å²) < 4.78 is 12.5. The van der Waals surface area contributed by atoms with Gasteiger partial charge < -0.3 is 13.7 Å². The quantitative estimate of drug-likeness (QED) is 0.616. The minimum atomic E-state index is -1.79. The molecule has 0 saturated heterocycles. The topological polar surface area (TPSA) is 53.4 Å². The fraction of sp³-hybridized carbons (Fsp3) is 0.692. The summed E-state index contributed by atoms with van der Waals surface area (Å²) >= 11 is 0. The second-order valence-corrected chi connectivity index (χ2v) is 10.9. The Hall–Kier alpha value is -1.14. The lowest BCUT2D eigenvalue weighted by Crippen LogP contribution is -2.40. The van der Waals surface area contributed by atoms with Gasteiger partial charge in [-0.25, -0.2) is 4.98 Å². The molecule has 0 spiro atoms. The summed E-state index contributed by atoms with van der Waals surface area (Å²) in [6, 6.07) is 0. The molecule has 1 aromatic heterocycles. The lowest BCUT2D eigenvalue weighted by molar-refractivity contribution is -0.141. The van der Waals surface area contributed by atoms with Crippen molar-refractivity contribution < 1.29 is 14.0 Å². The van der Waals surface area contributed by atoms with Gasteiger partial charge in [-0.15, -0.1) is 0 Å². The maximum atomic E-state index is 11.3. The van der Waals surface area contributed by atoms with Crippen molar-refractivity contribution in [3.8, 4) is 0 Å². The monoisotopic (exact) mass is 284 g/mol. The van der Waals surface area contributed by atoms with Crippen LogP contribution in [0.25, 0.3) is 0 Å². The van der Waals surface area contributed by atoms with Gasteiger partial charge in [0.15, 0.2) is 8.32 Å². The van der Waals surface area contributed by atoms with E-state index in [1.807, 2.05) is 0 Å². The zero-order valence-corrected chi connectivity index (χ0v) is 13.7. The highest BCUT2D eigenvalue weighted by Gasteiger charge is 2.37. The van der Waals surface area contributed by atoms with E-state index in [1.54, 1.807) is 17.1 Å². The summed E-state index contributed by atoms with van der Waals surface area (Å²) in [5.41, 5.74) is 0.898. The summed E-state index contributed by atoms with van der Waals surface area (Å²) in [5, 5.41) is 0.167. The molecule has 1 rings (SSSR count). The summed E-state index contributed by atoms with van der Waals surface area (Å²) in [5.74, 6) is -0.286. The summed E-state index contributed by atoms with van der Waals surface area (Å²) in [7, 11) is -0.409. The van der Waals surface area contributed by atoms with Gasteiger partial charge >= 0.3 is 5.97 Å². The van der Waals surface area contributed by atoms with Gasteiger partial charge in [-0.3, -0.25) is 4.79 Å². The van der Waals surface area contributed by atoms with E-state index >= 15 is 0 Å². The first-order valence-corrected chi connectivity index (χ1v) is 9.28. The number of carbonyl (C=O) groups is 1. The number of hydrogen-bond donors (Lipinski definition) is 0. The van der Waals surface area contributed by atoms with Crippen LogP contribution in [0.3, 0.4) is 0 Å². The molecule has 108 valence electrons. The number of methoxy groups -OCH3 is 1. The summed E-state index contributed by atoms with van der Waals surface area (Å²) in [6.07, 6.45) is 3.36. The van der Waals surface area contributed by atoms with Crippen LogP contribution in [0.5, 0.6) is 0 Å². The Morgan fingerprint density at radius 3 is 2.58 bits per heavy atom. The Morgan fingerprint density at radius 1 is 1.42 bits per heavy atom. The lowest BCUT2D eigenvalue weighted by atomic mass is 10.2. The van der Waals surface area contributed by atoms with Crippen LogP contribution >= 0.6 is 0 Å². The van der Waals surface area contributed by atoms with E-state index in [0.29, 0.717) is 6.61 Å². The summed E-state index contributed by atoms with van der Waals surface area (Å²) in [4.78, 5) is 15.4. The van der Waals surface area contributed by atoms with Crippen molar-refractivity contribution in [3.63, 3.8) is 0 Å². The summed E-state index contributed by atoms with van der Waals surface area (Å²) in [6.45, 7) is 11.7. The zero-order chi connectivity index (χ0) is 14.7. The number of nitrogens with zero attached hydrogens (tertiary/aromatic N) is 2. The molecule has 5 nitrogen and oxygen atoms in total. The van der Waals surface area contributed by atoms with Crippen molar-refractivity contribution in [2.24, 2.45) is 0 Å². The van der Waals surface area contributed by atoms with Gasteiger partial charge in [0.25, 0.3) is 0 Å². The standard InChI is InChI=1S/C13H24N2O3Si/c1-13(2,3)19(5,6)18-9-11-7-14-10-15(11)8-12(16)17-4/h7,10H,8-9H2,1-6H3. The number of hydrogen-bond acceptors (Lipinski definition) is 4. The normalized spacial score (nSPS) is 12.5. The van der Waals surface area contributed by atoms with E-state index in [2.05, 4.69) is 43.6 Å². The van der Waals surface area contributed by atoms with Gasteiger partial charge in [0, 0.05) is 0 Å². The molecular weight excluding hydrogens is 260 g/mol. The van der Waals surface area contributed by atoms with Crippen LogP contribution < -0.4 is 0 Å². The maximum absolute atomic E-state index is 11.3. The maximum Gasteiger partial charge on any atom is 0.325 e.